The third kappa shape index (κ3) is 4.16. The van der Waals surface area contributed by atoms with Crippen molar-refractivity contribution in [3.8, 4) is 0 Å². The first-order valence-electron chi connectivity index (χ1n) is 9.19. The van der Waals surface area contributed by atoms with Crippen molar-refractivity contribution < 1.29 is 14.7 Å². The Morgan fingerprint density at radius 1 is 1.00 bits per heavy atom. The Kier molecular flexibility index (Phi) is 5.54. The van der Waals surface area contributed by atoms with Crippen LogP contribution in [0.3, 0.4) is 0 Å². The second kappa shape index (κ2) is 7.82. The minimum absolute atomic E-state index is 0.0782. The van der Waals surface area contributed by atoms with Crippen molar-refractivity contribution in [1.82, 2.24) is 4.90 Å². The standard InChI is InChI=1S/C20H27NO3/c22-19(17-7-4-8-18(14-17)20(23)24)21-11-9-16(10-12-21)13-15-5-2-1-3-6-15/h1-3,5-6,16-18H,4,7-14H2,(H,23,24). The summed E-state index contributed by atoms with van der Waals surface area (Å²) in [6.07, 6.45) is 6.15. The molecule has 1 aliphatic carbocycles. The van der Waals surface area contributed by atoms with E-state index >= 15 is 0 Å². The van der Waals surface area contributed by atoms with E-state index in [1.54, 1.807) is 0 Å². The Morgan fingerprint density at radius 2 is 1.67 bits per heavy atom. The highest BCUT2D eigenvalue weighted by atomic mass is 16.4. The molecule has 4 heteroatoms. The number of aliphatic carboxylic acids is 1. The zero-order valence-corrected chi connectivity index (χ0v) is 14.2. The predicted octanol–water partition coefficient (Wildman–Crippen LogP) is 3.36. The zero-order chi connectivity index (χ0) is 16.9. The van der Waals surface area contributed by atoms with E-state index in [0.29, 0.717) is 12.3 Å². The summed E-state index contributed by atoms with van der Waals surface area (Å²) in [5.41, 5.74) is 1.37. The number of benzene rings is 1. The molecular weight excluding hydrogens is 302 g/mol. The number of hydrogen-bond donors (Lipinski definition) is 1. The first kappa shape index (κ1) is 17.0. The number of nitrogens with zero attached hydrogens (tertiary/aromatic N) is 1. The van der Waals surface area contributed by atoms with E-state index in [1.165, 1.54) is 5.56 Å². The summed E-state index contributed by atoms with van der Waals surface area (Å²) in [6.45, 7) is 1.65. The largest absolute Gasteiger partial charge is 0.481 e. The van der Waals surface area contributed by atoms with Gasteiger partial charge in [0.15, 0.2) is 0 Å². The topological polar surface area (TPSA) is 57.6 Å². The maximum absolute atomic E-state index is 12.7. The summed E-state index contributed by atoms with van der Waals surface area (Å²) in [4.78, 5) is 25.9. The van der Waals surface area contributed by atoms with Gasteiger partial charge >= 0.3 is 5.97 Å². The highest BCUT2D eigenvalue weighted by molar-refractivity contribution is 5.80. The van der Waals surface area contributed by atoms with Gasteiger partial charge in [-0.3, -0.25) is 9.59 Å². The summed E-state index contributed by atoms with van der Waals surface area (Å²) in [6, 6.07) is 10.5. The van der Waals surface area contributed by atoms with Crippen molar-refractivity contribution in [3.63, 3.8) is 0 Å². The molecule has 1 aliphatic heterocycles. The number of carboxylic acids is 1. The minimum atomic E-state index is -0.742. The molecule has 2 atom stereocenters. The van der Waals surface area contributed by atoms with Gasteiger partial charge in [0.05, 0.1) is 5.92 Å². The van der Waals surface area contributed by atoms with E-state index in [0.717, 1.165) is 51.6 Å². The van der Waals surface area contributed by atoms with Crippen LogP contribution in [0.4, 0.5) is 0 Å². The van der Waals surface area contributed by atoms with Gasteiger partial charge < -0.3 is 10.0 Å². The lowest BCUT2D eigenvalue weighted by atomic mass is 9.80. The van der Waals surface area contributed by atoms with Crippen LogP contribution < -0.4 is 0 Å². The minimum Gasteiger partial charge on any atom is -0.481 e. The Labute approximate surface area is 143 Å². The first-order valence-corrected chi connectivity index (χ1v) is 9.19. The molecule has 2 fully saturated rings. The van der Waals surface area contributed by atoms with Crippen molar-refractivity contribution >= 4 is 11.9 Å². The maximum atomic E-state index is 12.7. The molecule has 1 aromatic rings. The summed E-state index contributed by atoms with van der Waals surface area (Å²) in [5, 5.41) is 9.20. The van der Waals surface area contributed by atoms with E-state index in [2.05, 4.69) is 24.3 Å². The normalized spacial score (nSPS) is 25.4. The fraction of sp³-hybridized carbons (Fsp3) is 0.600. The molecule has 2 unspecified atom stereocenters. The van der Waals surface area contributed by atoms with Gasteiger partial charge in [0.25, 0.3) is 0 Å². The molecule has 1 aromatic carbocycles. The third-order valence-corrected chi connectivity index (χ3v) is 5.67. The van der Waals surface area contributed by atoms with Gasteiger partial charge in [-0.15, -0.1) is 0 Å². The van der Waals surface area contributed by atoms with Crippen LogP contribution in [-0.4, -0.2) is 35.0 Å². The van der Waals surface area contributed by atoms with Gasteiger partial charge in [-0.1, -0.05) is 36.8 Å². The van der Waals surface area contributed by atoms with Gasteiger partial charge in [0.2, 0.25) is 5.91 Å². The van der Waals surface area contributed by atoms with Gasteiger partial charge in [0, 0.05) is 19.0 Å². The molecule has 1 amide bonds. The number of likely N-dealkylation sites (tertiary alicyclic amines) is 1. The molecule has 4 nitrogen and oxygen atoms in total. The fourth-order valence-electron chi connectivity index (χ4n) is 4.20. The first-order chi connectivity index (χ1) is 11.6. The average molecular weight is 329 g/mol. The Balaban J connectivity index is 1.49. The van der Waals surface area contributed by atoms with Gasteiger partial charge in [-0.05, 0) is 50.0 Å². The van der Waals surface area contributed by atoms with Crippen molar-refractivity contribution in [3.05, 3.63) is 35.9 Å². The zero-order valence-electron chi connectivity index (χ0n) is 14.2. The second-order valence-electron chi connectivity index (χ2n) is 7.36. The molecule has 0 aromatic heterocycles. The van der Waals surface area contributed by atoms with E-state index < -0.39 is 5.97 Å². The molecule has 0 spiro atoms. The third-order valence-electron chi connectivity index (χ3n) is 5.67. The van der Waals surface area contributed by atoms with Crippen LogP contribution in [0.15, 0.2) is 30.3 Å². The molecule has 24 heavy (non-hydrogen) atoms. The van der Waals surface area contributed by atoms with Crippen molar-refractivity contribution in [2.75, 3.05) is 13.1 Å². The van der Waals surface area contributed by atoms with E-state index in [-0.39, 0.29) is 17.7 Å². The van der Waals surface area contributed by atoms with E-state index in [4.69, 9.17) is 0 Å². The number of carbonyl (C=O) groups excluding carboxylic acids is 1. The molecule has 1 saturated carbocycles. The predicted molar refractivity (Wildman–Crippen MR) is 92.5 cm³/mol. The van der Waals surface area contributed by atoms with Crippen LogP contribution >= 0.6 is 0 Å². The summed E-state index contributed by atoms with van der Waals surface area (Å²) in [7, 11) is 0. The van der Waals surface area contributed by atoms with E-state index in [9.17, 15) is 14.7 Å². The summed E-state index contributed by atoms with van der Waals surface area (Å²) < 4.78 is 0. The van der Waals surface area contributed by atoms with Crippen LogP contribution in [-0.2, 0) is 16.0 Å². The van der Waals surface area contributed by atoms with E-state index in [1.807, 2.05) is 11.0 Å². The highest BCUT2D eigenvalue weighted by Crippen LogP contribution is 2.32. The number of hydrogen-bond acceptors (Lipinski definition) is 2. The lowest BCUT2D eigenvalue weighted by molar-refractivity contribution is -0.145. The molecule has 1 saturated heterocycles. The molecule has 130 valence electrons. The smallest absolute Gasteiger partial charge is 0.306 e. The summed E-state index contributed by atoms with van der Waals surface area (Å²) >= 11 is 0. The lowest BCUT2D eigenvalue weighted by Gasteiger charge is -2.36. The number of rotatable bonds is 4. The number of carbonyl (C=O) groups is 2. The molecule has 2 aliphatic rings. The Morgan fingerprint density at radius 3 is 2.33 bits per heavy atom. The number of carboxylic acid groups (broad SMARTS) is 1. The van der Waals surface area contributed by atoms with Crippen LogP contribution in [0.1, 0.15) is 44.1 Å². The maximum Gasteiger partial charge on any atom is 0.306 e. The Bertz CT molecular complexity index is 564. The number of amides is 1. The van der Waals surface area contributed by atoms with Crippen molar-refractivity contribution in [2.24, 2.45) is 17.8 Å². The summed E-state index contributed by atoms with van der Waals surface area (Å²) in [5.74, 6) is -0.309. The molecule has 3 rings (SSSR count). The number of piperidine rings is 1. The highest BCUT2D eigenvalue weighted by Gasteiger charge is 2.34. The second-order valence-corrected chi connectivity index (χ2v) is 7.36. The fourth-order valence-corrected chi connectivity index (χ4v) is 4.20. The molecule has 0 bridgehead atoms. The van der Waals surface area contributed by atoms with Crippen molar-refractivity contribution in [1.29, 1.82) is 0 Å². The lowest BCUT2D eigenvalue weighted by Crippen LogP contribution is -2.43. The monoisotopic (exact) mass is 329 g/mol. The van der Waals surface area contributed by atoms with Gasteiger partial charge in [0.1, 0.15) is 0 Å². The van der Waals surface area contributed by atoms with Crippen LogP contribution in [0.2, 0.25) is 0 Å². The quantitative estimate of drug-likeness (QED) is 0.921. The average Bonchev–Trinajstić information content (AvgIpc) is 2.63. The molecule has 1 N–H and O–H groups in total. The van der Waals surface area contributed by atoms with Crippen LogP contribution in [0.25, 0.3) is 0 Å². The SMILES string of the molecule is O=C(O)C1CCCC(C(=O)N2CCC(Cc3ccccc3)CC2)C1. The van der Waals surface area contributed by atoms with Crippen molar-refractivity contribution in [2.45, 2.75) is 44.9 Å². The van der Waals surface area contributed by atoms with Gasteiger partial charge in [-0.25, -0.2) is 0 Å². The Hall–Kier alpha value is -1.84. The van der Waals surface area contributed by atoms with Crippen LogP contribution in [0, 0.1) is 17.8 Å². The van der Waals surface area contributed by atoms with Gasteiger partial charge in [-0.2, -0.15) is 0 Å². The molecular formula is C20H27NO3. The molecule has 0 radical (unpaired) electrons. The molecule has 1 heterocycles. The van der Waals surface area contributed by atoms with Crippen LogP contribution in [0.5, 0.6) is 0 Å².